The first-order chi connectivity index (χ1) is 6.22. The average molecular weight is 181 g/mol. The molecule has 0 saturated carbocycles. The van der Waals surface area contributed by atoms with E-state index in [-0.39, 0.29) is 11.8 Å². The lowest BCUT2D eigenvalue weighted by atomic mass is 10.1. The van der Waals surface area contributed by atoms with Crippen molar-refractivity contribution < 1.29 is 5.11 Å². The number of hydrazine groups is 1. The van der Waals surface area contributed by atoms with Gasteiger partial charge in [0, 0.05) is 12.6 Å². The molecule has 0 amide bonds. The summed E-state index contributed by atoms with van der Waals surface area (Å²) in [5.74, 6) is 5.41. The third-order valence-electron chi connectivity index (χ3n) is 1.81. The van der Waals surface area contributed by atoms with Gasteiger partial charge in [-0.15, -0.1) is 0 Å². The van der Waals surface area contributed by atoms with Crippen LogP contribution in [0.2, 0.25) is 0 Å². The van der Waals surface area contributed by atoms with Gasteiger partial charge >= 0.3 is 0 Å². The van der Waals surface area contributed by atoms with Gasteiger partial charge in [-0.3, -0.25) is 11.3 Å². The van der Waals surface area contributed by atoms with Crippen molar-refractivity contribution in [2.75, 3.05) is 6.54 Å². The average Bonchev–Trinajstić information content (AvgIpc) is 2.09. The van der Waals surface area contributed by atoms with E-state index in [0.29, 0.717) is 6.54 Å². The second kappa shape index (κ2) is 4.81. The fourth-order valence-electron chi connectivity index (χ4n) is 1.16. The summed E-state index contributed by atoms with van der Waals surface area (Å²) >= 11 is 0. The van der Waals surface area contributed by atoms with Gasteiger partial charge in [0.25, 0.3) is 0 Å². The third kappa shape index (κ3) is 3.42. The Morgan fingerprint density at radius 3 is 2.46 bits per heavy atom. The number of hydrogen-bond acceptors (Lipinski definition) is 4. The second-order valence-corrected chi connectivity index (χ2v) is 3.04. The Morgan fingerprint density at radius 2 is 1.92 bits per heavy atom. The van der Waals surface area contributed by atoms with Crippen LogP contribution in [0.4, 0.5) is 0 Å². The number of aromatic hydroxyl groups is 1. The Hall–Kier alpha value is -1.10. The quantitative estimate of drug-likeness (QED) is 0.380. The Bertz CT molecular complexity index is 248. The highest BCUT2D eigenvalue weighted by Crippen LogP contribution is 2.10. The molecule has 0 fully saturated rings. The van der Waals surface area contributed by atoms with Gasteiger partial charge in [0.2, 0.25) is 0 Å². The lowest BCUT2D eigenvalue weighted by Crippen LogP contribution is -2.38. The summed E-state index contributed by atoms with van der Waals surface area (Å²) in [6.45, 7) is 0.584. The van der Waals surface area contributed by atoms with Crippen molar-refractivity contribution in [2.24, 2.45) is 11.6 Å². The lowest BCUT2D eigenvalue weighted by molar-refractivity contribution is 0.475. The molecule has 1 aromatic rings. The van der Waals surface area contributed by atoms with Crippen LogP contribution in [0.1, 0.15) is 5.56 Å². The number of nitrogens with one attached hydrogen (secondary N) is 1. The van der Waals surface area contributed by atoms with Gasteiger partial charge in [-0.25, -0.2) is 0 Å². The van der Waals surface area contributed by atoms with Crippen molar-refractivity contribution in [1.29, 1.82) is 0 Å². The highest BCUT2D eigenvalue weighted by atomic mass is 16.3. The molecular weight excluding hydrogens is 166 g/mol. The SMILES string of the molecule is NNCC(N)Cc1ccc(O)cc1. The molecule has 0 aliphatic carbocycles. The predicted octanol–water partition coefficient (Wildman–Crippen LogP) is -0.275. The van der Waals surface area contributed by atoms with Gasteiger partial charge in [0.1, 0.15) is 5.75 Å². The van der Waals surface area contributed by atoms with Crippen molar-refractivity contribution in [3.63, 3.8) is 0 Å². The van der Waals surface area contributed by atoms with Crippen LogP contribution in [0.15, 0.2) is 24.3 Å². The maximum atomic E-state index is 9.03. The monoisotopic (exact) mass is 181 g/mol. The van der Waals surface area contributed by atoms with Gasteiger partial charge in [-0.2, -0.15) is 0 Å². The maximum absolute atomic E-state index is 9.03. The zero-order chi connectivity index (χ0) is 9.68. The van der Waals surface area contributed by atoms with Crippen molar-refractivity contribution in [3.05, 3.63) is 29.8 Å². The summed E-state index contributed by atoms with van der Waals surface area (Å²) in [5, 5.41) is 9.03. The Morgan fingerprint density at radius 1 is 1.31 bits per heavy atom. The first-order valence-corrected chi connectivity index (χ1v) is 4.19. The van der Waals surface area contributed by atoms with E-state index in [1.54, 1.807) is 12.1 Å². The molecule has 13 heavy (non-hydrogen) atoms. The summed E-state index contributed by atoms with van der Waals surface area (Å²) < 4.78 is 0. The normalized spacial score (nSPS) is 12.8. The molecule has 6 N–H and O–H groups in total. The summed E-state index contributed by atoms with van der Waals surface area (Å²) in [7, 11) is 0. The Labute approximate surface area is 77.5 Å². The maximum Gasteiger partial charge on any atom is 0.115 e. The Balaban J connectivity index is 2.49. The second-order valence-electron chi connectivity index (χ2n) is 3.04. The van der Waals surface area contributed by atoms with Crippen LogP contribution in [0.25, 0.3) is 0 Å². The van der Waals surface area contributed by atoms with E-state index in [1.807, 2.05) is 12.1 Å². The van der Waals surface area contributed by atoms with Crippen molar-refractivity contribution in [3.8, 4) is 5.75 Å². The molecule has 1 rings (SSSR count). The van der Waals surface area contributed by atoms with Crippen LogP contribution in [0.5, 0.6) is 5.75 Å². The van der Waals surface area contributed by atoms with Crippen molar-refractivity contribution in [1.82, 2.24) is 5.43 Å². The first kappa shape index (κ1) is 9.98. The molecule has 0 aromatic heterocycles. The third-order valence-corrected chi connectivity index (χ3v) is 1.81. The minimum Gasteiger partial charge on any atom is -0.508 e. The van der Waals surface area contributed by atoms with Crippen LogP contribution >= 0.6 is 0 Å². The zero-order valence-corrected chi connectivity index (χ0v) is 7.40. The van der Waals surface area contributed by atoms with Crippen LogP contribution in [-0.2, 0) is 6.42 Å². The van der Waals surface area contributed by atoms with Gasteiger partial charge in [0.05, 0.1) is 0 Å². The van der Waals surface area contributed by atoms with Crippen LogP contribution < -0.4 is 17.0 Å². The molecule has 0 spiro atoms. The minimum atomic E-state index is 0.00884. The predicted molar refractivity (Wildman–Crippen MR) is 52.0 cm³/mol. The van der Waals surface area contributed by atoms with E-state index in [2.05, 4.69) is 5.43 Å². The number of hydrogen-bond donors (Lipinski definition) is 4. The van der Waals surface area contributed by atoms with E-state index < -0.39 is 0 Å². The number of phenolic OH excluding ortho intramolecular Hbond substituents is 1. The summed E-state index contributed by atoms with van der Waals surface area (Å²) in [5.41, 5.74) is 9.37. The van der Waals surface area contributed by atoms with E-state index in [0.717, 1.165) is 12.0 Å². The van der Waals surface area contributed by atoms with E-state index in [1.165, 1.54) is 0 Å². The Kier molecular flexibility index (Phi) is 3.70. The summed E-state index contributed by atoms with van der Waals surface area (Å²) in [6.07, 6.45) is 0.754. The van der Waals surface area contributed by atoms with Crippen molar-refractivity contribution >= 4 is 0 Å². The molecule has 4 heteroatoms. The summed E-state index contributed by atoms with van der Waals surface area (Å²) in [4.78, 5) is 0. The lowest BCUT2D eigenvalue weighted by Gasteiger charge is -2.10. The largest absolute Gasteiger partial charge is 0.508 e. The topological polar surface area (TPSA) is 84.3 Å². The van der Waals surface area contributed by atoms with Crippen LogP contribution in [-0.4, -0.2) is 17.7 Å². The number of nitrogens with two attached hydrogens (primary N) is 2. The van der Waals surface area contributed by atoms with E-state index in [4.69, 9.17) is 16.7 Å². The molecule has 1 aromatic carbocycles. The van der Waals surface area contributed by atoms with Crippen LogP contribution in [0, 0.1) is 0 Å². The van der Waals surface area contributed by atoms with Gasteiger partial charge < -0.3 is 10.8 Å². The summed E-state index contributed by atoms with van der Waals surface area (Å²) in [6, 6.07) is 7.02. The van der Waals surface area contributed by atoms with E-state index in [9.17, 15) is 0 Å². The fraction of sp³-hybridized carbons (Fsp3) is 0.333. The van der Waals surface area contributed by atoms with Gasteiger partial charge in [-0.05, 0) is 24.1 Å². The van der Waals surface area contributed by atoms with Crippen LogP contribution in [0.3, 0.4) is 0 Å². The van der Waals surface area contributed by atoms with Gasteiger partial charge in [0.15, 0.2) is 0 Å². The molecule has 4 nitrogen and oxygen atoms in total. The van der Waals surface area contributed by atoms with Crippen molar-refractivity contribution in [2.45, 2.75) is 12.5 Å². The highest BCUT2D eigenvalue weighted by molar-refractivity contribution is 5.26. The first-order valence-electron chi connectivity index (χ1n) is 4.19. The van der Waals surface area contributed by atoms with Gasteiger partial charge in [-0.1, -0.05) is 12.1 Å². The molecule has 0 radical (unpaired) electrons. The smallest absolute Gasteiger partial charge is 0.115 e. The minimum absolute atomic E-state index is 0.00884. The molecule has 0 bridgehead atoms. The molecule has 0 aliphatic rings. The molecule has 72 valence electrons. The molecule has 1 atom stereocenters. The molecule has 0 heterocycles. The number of benzene rings is 1. The number of phenols is 1. The highest BCUT2D eigenvalue weighted by Gasteiger charge is 2.02. The molecule has 0 saturated heterocycles. The standard InChI is InChI=1S/C9H15N3O/c10-8(6-12-11)5-7-1-3-9(13)4-2-7/h1-4,8,12-13H,5-6,10-11H2. The molecule has 1 unspecified atom stereocenters. The van der Waals surface area contributed by atoms with E-state index >= 15 is 0 Å². The number of rotatable bonds is 4. The zero-order valence-electron chi connectivity index (χ0n) is 7.40. The molecule has 0 aliphatic heterocycles. The molecular formula is C9H15N3O. The fourth-order valence-corrected chi connectivity index (χ4v) is 1.16.